The summed E-state index contributed by atoms with van der Waals surface area (Å²) in [5.41, 5.74) is 4.48. The first-order valence-electron chi connectivity index (χ1n) is 12.2. The Kier molecular flexibility index (Phi) is 6.19. The number of nitrogens with zero attached hydrogens (tertiary/aromatic N) is 1. The largest absolute Gasteiger partial charge is 0.378 e. The lowest BCUT2D eigenvalue weighted by Crippen LogP contribution is -2.35. The van der Waals surface area contributed by atoms with Gasteiger partial charge in [0.25, 0.3) is 5.91 Å². The third kappa shape index (κ3) is 4.16. The van der Waals surface area contributed by atoms with Crippen molar-refractivity contribution in [3.63, 3.8) is 0 Å². The van der Waals surface area contributed by atoms with Crippen molar-refractivity contribution in [2.45, 2.75) is 32.2 Å². The van der Waals surface area contributed by atoms with Gasteiger partial charge in [0.1, 0.15) is 0 Å². The van der Waals surface area contributed by atoms with Crippen molar-refractivity contribution in [2.75, 3.05) is 31.5 Å². The molecule has 1 aliphatic heterocycles. The summed E-state index contributed by atoms with van der Waals surface area (Å²) in [6.45, 7) is 7.86. The van der Waals surface area contributed by atoms with Gasteiger partial charge in [-0.1, -0.05) is 68.5 Å². The standard InChI is InChI=1S/C29H33N3O/c1-3-32(4-2)18-17-30-29(33)21-15-16-27-26(19-21)23-12-8-14-25(23)28(31-27)24-13-7-10-20-9-5-6-11-22(20)24/h5-13,15-16,19,23,25,28,31H,3-4,14,17-18H2,1-2H3,(H,30,33). The third-order valence-electron chi connectivity index (χ3n) is 7.39. The summed E-state index contributed by atoms with van der Waals surface area (Å²) >= 11 is 0. The Morgan fingerprint density at radius 1 is 1.03 bits per heavy atom. The quantitative estimate of drug-likeness (QED) is 0.462. The molecular weight excluding hydrogens is 406 g/mol. The van der Waals surface area contributed by atoms with Crippen LogP contribution in [0.5, 0.6) is 0 Å². The average molecular weight is 440 g/mol. The Hall–Kier alpha value is -3.11. The van der Waals surface area contributed by atoms with Crippen molar-refractivity contribution >= 4 is 22.4 Å². The summed E-state index contributed by atoms with van der Waals surface area (Å²) in [5.74, 6) is 0.789. The van der Waals surface area contributed by atoms with Gasteiger partial charge < -0.3 is 15.5 Å². The van der Waals surface area contributed by atoms with Crippen LogP contribution in [0.15, 0.2) is 72.8 Å². The molecule has 1 heterocycles. The van der Waals surface area contributed by atoms with E-state index in [9.17, 15) is 4.79 Å². The predicted molar refractivity (Wildman–Crippen MR) is 137 cm³/mol. The number of nitrogens with one attached hydrogen (secondary N) is 2. The molecule has 0 fully saturated rings. The number of allylic oxidation sites excluding steroid dienone is 2. The lowest BCUT2D eigenvalue weighted by Gasteiger charge is -2.38. The van der Waals surface area contributed by atoms with Gasteiger partial charge in [0.15, 0.2) is 0 Å². The van der Waals surface area contributed by atoms with Gasteiger partial charge >= 0.3 is 0 Å². The maximum Gasteiger partial charge on any atom is 0.251 e. The fourth-order valence-electron chi connectivity index (χ4n) is 5.53. The zero-order valence-electron chi connectivity index (χ0n) is 19.6. The van der Waals surface area contributed by atoms with Crippen molar-refractivity contribution in [1.29, 1.82) is 0 Å². The lowest BCUT2D eigenvalue weighted by atomic mass is 9.76. The average Bonchev–Trinajstić information content (AvgIpc) is 3.36. The van der Waals surface area contributed by atoms with E-state index in [0.717, 1.165) is 37.3 Å². The van der Waals surface area contributed by atoms with Crippen LogP contribution in [-0.4, -0.2) is 37.0 Å². The number of rotatable bonds is 7. The molecule has 0 spiro atoms. The normalized spacial score (nSPS) is 21.0. The van der Waals surface area contributed by atoms with E-state index in [-0.39, 0.29) is 11.9 Å². The number of carbonyl (C=O) groups excluding carboxylic acids is 1. The van der Waals surface area contributed by atoms with Gasteiger partial charge in [0.2, 0.25) is 0 Å². The molecule has 3 unspecified atom stereocenters. The predicted octanol–water partition coefficient (Wildman–Crippen LogP) is 5.74. The number of benzene rings is 3. The Labute approximate surface area is 196 Å². The van der Waals surface area contributed by atoms with Gasteiger partial charge in [-0.3, -0.25) is 4.79 Å². The fraction of sp³-hybridized carbons (Fsp3) is 0.345. The second kappa shape index (κ2) is 9.40. The van der Waals surface area contributed by atoms with Crippen LogP contribution in [0.25, 0.3) is 10.8 Å². The second-order valence-corrected chi connectivity index (χ2v) is 9.13. The molecule has 0 bridgehead atoms. The number of anilines is 1. The highest BCUT2D eigenvalue weighted by molar-refractivity contribution is 5.95. The number of fused-ring (bicyclic) bond motifs is 4. The molecule has 1 aliphatic carbocycles. The minimum atomic E-state index is 0.0136. The Morgan fingerprint density at radius 2 is 1.85 bits per heavy atom. The maximum absolute atomic E-state index is 12.8. The summed E-state index contributed by atoms with van der Waals surface area (Å²) < 4.78 is 0. The van der Waals surface area contributed by atoms with Crippen molar-refractivity contribution in [1.82, 2.24) is 10.2 Å². The summed E-state index contributed by atoms with van der Waals surface area (Å²) in [5, 5.41) is 9.53. The molecule has 1 amide bonds. The molecule has 4 nitrogen and oxygen atoms in total. The summed E-state index contributed by atoms with van der Waals surface area (Å²) in [6.07, 6.45) is 5.69. The van der Waals surface area contributed by atoms with Crippen LogP contribution in [0.3, 0.4) is 0 Å². The van der Waals surface area contributed by atoms with Crippen LogP contribution in [0.4, 0.5) is 5.69 Å². The van der Waals surface area contributed by atoms with E-state index in [1.807, 2.05) is 6.07 Å². The number of hydrogen-bond donors (Lipinski definition) is 2. The lowest BCUT2D eigenvalue weighted by molar-refractivity contribution is 0.0948. The SMILES string of the molecule is CCN(CC)CCNC(=O)c1ccc2c(c1)C1C=CCC1C(c1cccc3ccccc13)N2. The molecule has 2 N–H and O–H groups in total. The van der Waals surface area contributed by atoms with Crippen molar-refractivity contribution in [3.05, 3.63) is 89.5 Å². The van der Waals surface area contributed by atoms with E-state index < -0.39 is 0 Å². The molecule has 0 aromatic heterocycles. The van der Waals surface area contributed by atoms with Gasteiger partial charge in [-0.25, -0.2) is 0 Å². The van der Waals surface area contributed by atoms with Crippen LogP contribution in [-0.2, 0) is 0 Å². The Bertz CT molecular complexity index is 1180. The van der Waals surface area contributed by atoms with Gasteiger partial charge in [0.05, 0.1) is 6.04 Å². The van der Waals surface area contributed by atoms with Gasteiger partial charge in [-0.15, -0.1) is 0 Å². The highest BCUT2D eigenvalue weighted by Crippen LogP contribution is 2.50. The van der Waals surface area contributed by atoms with E-state index in [1.54, 1.807) is 0 Å². The van der Waals surface area contributed by atoms with Crippen molar-refractivity contribution in [3.8, 4) is 0 Å². The molecule has 3 aromatic rings. The number of amides is 1. The van der Waals surface area contributed by atoms with E-state index >= 15 is 0 Å². The van der Waals surface area contributed by atoms with Crippen molar-refractivity contribution in [2.24, 2.45) is 5.92 Å². The first kappa shape index (κ1) is 21.7. The van der Waals surface area contributed by atoms with E-state index in [4.69, 9.17) is 0 Å². The van der Waals surface area contributed by atoms with Crippen molar-refractivity contribution < 1.29 is 4.79 Å². The topological polar surface area (TPSA) is 44.4 Å². The molecule has 170 valence electrons. The molecule has 3 aromatic carbocycles. The minimum absolute atomic E-state index is 0.0136. The van der Waals surface area contributed by atoms with Gasteiger partial charge in [0, 0.05) is 30.3 Å². The first-order chi connectivity index (χ1) is 16.2. The molecule has 0 radical (unpaired) electrons. The Balaban J connectivity index is 1.40. The zero-order chi connectivity index (χ0) is 22.8. The fourth-order valence-corrected chi connectivity index (χ4v) is 5.53. The third-order valence-corrected chi connectivity index (χ3v) is 7.39. The van der Waals surface area contributed by atoms with Crippen LogP contribution < -0.4 is 10.6 Å². The molecular formula is C29H33N3O. The van der Waals surface area contributed by atoms with E-state index in [2.05, 4.69) is 96.1 Å². The Morgan fingerprint density at radius 3 is 2.70 bits per heavy atom. The highest BCUT2D eigenvalue weighted by atomic mass is 16.1. The van der Waals surface area contributed by atoms with Gasteiger partial charge in [-0.05, 0) is 65.5 Å². The molecule has 0 saturated carbocycles. The van der Waals surface area contributed by atoms with E-state index in [0.29, 0.717) is 18.4 Å². The molecule has 4 heteroatoms. The van der Waals surface area contributed by atoms with Crippen LogP contribution in [0.2, 0.25) is 0 Å². The summed E-state index contributed by atoms with van der Waals surface area (Å²) in [6, 6.07) is 21.6. The van der Waals surface area contributed by atoms with Gasteiger partial charge in [-0.2, -0.15) is 0 Å². The second-order valence-electron chi connectivity index (χ2n) is 9.13. The summed E-state index contributed by atoms with van der Waals surface area (Å²) in [7, 11) is 0. The number of hydrogen-bond acceptors (Lipinski definition) is 3. The van der Waals surface area contributed by atoms with Crippen LogP contribution in [0.1, 0.15) is 53.7 Å². The monoisotopic (exact) mass is 439 g/mol. The molecule has 5 rings (SSSR count). The van der Waals surface area contributed by atoms with Crippen LogP contribution in [0, 0.1) is 5.92 Å². The van der Waals surface area contributed by atoms with E-state index in [1.165, 1.54) is 21.9 Å². The molecule has 2 aliphatic rings. The zero-order valence-corrected chi connectivity index (χ0v) is 19.6. The first-order valence-corrected chi connectivity index (χ1v) is 12.2. The maximum atomic E-state index is 12.8. The number of likely N-dealkylation sites (N-methyl/N-ethyl adjacent to an activating group) is 1. The number of carbonyl (C=O) groups is 1. The highest BCUT2D eigenvalue weighted by Gasteiger charge is 2.38. The molecule has 0 saturated heterocycles. The summed E-state index contributed by atoms with van der Waals surface area (Å²) in [4.78, 5) is 15.2. The smallest absolute Gasteiger partial charge is 0.251 e. The molecule has 3 atom stereocenters. The van der Waals surface area contributed by atoms with Crippen LogP contribution >= 0.6 is 0 Å². The molecule has 33 heavy (non-hydrogen) atoms. The minimum Gasteiger partial charge on any atom is -0.378 e.